The van der Waals surface area contributed by atoms with E-state index in [1.165, 1.54) is 0 Å². The summed E-state index contributed by atoms with van der Waals surface area (Å²) in [6, 6.07) is 17.5. The van der Waals surface area contributed by atoms with Gasteiger partial charge >= 0.3 is 6.09 Å². The molecule has 0 spiro atoms. The molecule has 9 heteroatoms. The van der Waals surface area contributed by atoms with Crippen LogP contribution in [-0.4, -0.2) is 54.0 Å². The van der Waals surface area contributed by atoms with E-state index in [1.807, 2.05) is 60.7 Å². The summed E-state index contributed by atoms with van der Waals surface area (Å²) in [5, 5.41) is 17.2. The lowest BCUT2D eigenvalue weighted by molar-refractivity contribution is -0.128. The maximum atomic E-state index is 12.5. The van der Waals surface area contributed by atoms with Crippen LogP contribution >= 0.6 is 12.6 Å². The third kappa shape index (κ3) is 9.54. The van der Waals surface area contributed by atoms with Gasteiger partial charge in [-0.1, -0.05) is 60.7 Å². The molecule has 8 nitrogen and oxygen atoms in total. The minimum atomic E-state index is -0.871. The Kier molecular flexibility index (Phi) is 10.4. The lowest BCUT2D eigenvalue weighted by atomic mass is 10.1. The minimum absolute atomic E-state index is 0.0214. The number of benzene rings is 2. The summed E-state index contributed by atoms with van der Waals surface area (Å²) in [5.41, 5.74) is 1.68. The number of rotatable bonds is 11. The van der Waals surface area contributed by atoms with E-state index in [-0.39, 0.29) is 31.9 Å². The number of amides is 3. The molecule has 31 heavy (non-hydrogen) atoms. The van der Waals surface area contributed by atoms with Crippen molar-refractivity contribution in [2.24, 2.45) is 0 Å². The van der Waals surface area contributed by atoms with Crippen molar-refractivity contribution < 1.29 is 24.2 Å². The molecule has 0 aliphatic heterocycles. The molecule has 0 saturated heterocycles. The summed E-state index contributed by atoms with van der Waals surface area (Å²) in [6.07, 6.45) is -1.27. The van der Waals surface area contributed by atoms with Crippen molar-refractivity contribution >= 4 is 30.5 Å². The zero-order valence-corrected chi connectivity index (χ0v) is 17.9. The molecular weight excluding hydrogens is 418 g/mol. The Morgan fingerprint density at radius 3 is 2.16 bits per heavy atom. The van der Waals surface area contributed by atoms with Gasteiger partial charge in [-0.25, -0.2) is 4.79 Å². The van der Waals surface area contributed by atoms with Gasteiger partial charge in [0, 0.05) is 18.7 Å². The monoisotopic (exact) mass is 445 g/mol. The molecule has 0 aromatic heterocycles. The fraction of sp³-hybridized carbons (Fsp3) is 0.318. The van der Waals surface area contributed by atoms with Gasteiger partial charge in [0.1, 0.15) is 19.2 Å². The Labute approximate surface area is 186 Å². The van der Waals surface area contributed by atoms with Crippen LogP contribution in [0.5, 0.6) is 0 Å². The number of hydrogen-bond donors (Lipinski definition) is 5. The first-order valence-corrected chi connectivity index (χ1v) is 10.5. The lowest BCUT2D eigenvalue weighted by Gasteiger charge is -2.20. The molecule has 0 saturated carbocycles. The largest absolute Gasteiger partial charge is 0.445 e. The molecular formula is C22H27N3O5S. The summed E-state index contributed by atoms with van der Waals surface area (Å²) in [5.74, 6) is -0.780. The number of thiol groups is 1. The summed E-state index contributed by atoms with van der Waals surface area (Å²) in [6.45, 7) is -0.236. The summed E-state index contributed by atoms with van der Waals surface area (Å²) >= 11 is 3.97. The highest BCUT2D eigenvalue weighted by molar-refractivity contribution is 7.80. The number of carbonyl (C=O) groups is 3. The second-order valence-electron chi connectivity index (χ2n) is 6.81. The highest BCUT2D eigenvalue weighted by Gasteiger charge is 2.22. The van der Waals surface area contributed by atoms with E-state index in [4.69, 9.17) is 4.74 Å². The van der Waals surface area contributed by atoms with Gasteiger partial charge in [0.25, 0.3) is 0 Å². The van der Waals surface area contributed by atoms with Crippen LogP contribution in [0, 0.1) is 0 Å². The molecule has 0 heterocycles. The summed E-state index contributed by atoms with van der Waals surface area (Å²) in [7, 11) is 0. The van der Waals surface area contributed by atoms with E-state index in [0.717, 1.165) is 11.1 Å². The SMILES string of the molecule is O=C(CNC(=O)OCc1ccccc1)N[C@@H](Cc1ccccc1)C(=O)NCC(O)CS. The van der Waals surface area contributed by atoms with Crippen LogP contribution in [0.25, 0.3) is 0 Å². The Balaban J connectivity index is 1.85. The first-order chi connectivity index (χ1) is 15.0. The van der Waals surface area contributed by atoms with Gasteiger partial charge in [-0.3, -0.25) is 9.59 Å². The molecule has 1 unspecified atom stereocenters. The molecule has 4 N–H and O–H groups in total. The number of carbonyl (C=O) groups excluding carboxylic acids is 3. The molecule has 2 aromatic rings. The number of aliphatic hydroxyl groups is 1. The van der Waals surface area contributed by atoms with Crippen LogP contribution < -0.4 is 16.0 Å². The number of alkyl carbamates (subject to hydrolysis) is 1. The molecule has 0 radical (unpaired) electrons. The van der Waals surface area contributed by atoms with E-state index in [0.29, 0.717) is 0 Å². The maximum absolute atomic E-state index is 12.5. The van der Waals surface area contributed by atoms with Crippen molar-refractivity contribution in [1.29, 1.82) is 0 Å². The second kappa shape index (κ2) is 13.3. The highest BCUT2D eigenvalue weighted by atomic mass is 32.1. The lowest BCUT2D eigenvalue weighted by Crippen LogP contribution is -2.51. The fourth-order valence-electron chi connectivity index (χ4n) is 2.64. The topological polar surface area (TPSA) is 117 Å². The molecule has 2 rings (SSSR count). The summed E-state index contributed by atoms with van der Waals surface area (Å²) in [4.78, 5) is 36.6. The Bertz CT molecular complexity index is 836. The first-order valence-electron chi connectivity index (χ1n) is 9.82. The van der Waals surface area contributed by atoms with Gasteiger partial charge in [0.15, 0.2) is 0 Å². The van der Waals surface area contributed by atoms with E-state index in [1.54, 1.807) is 0 Å². The quantitative estimate of drug-likeness (QED) is 0.332. The fourth-order valence-corrected chi connectivity index (χ4v) is 2.77. The van der Waals surface area contributed by atoms with Crippen molar-refractivity contribution in [2.45, 2.75) is 25.2 Å². The molecule has 2 atom stereocenters. The van der Waals surface area contributed by atoms with Crippen molar-refractivity contribution in [2.75, 3.05) is 18.8 Å². The van der Waals surface area contributed by atoms with E-state index in [9.17, 15) is 19.5 Å². The predicted octanol–water partition coefficient (Wildman–Crippen LogP) is 1.05. The standard InChI is InChI=1S/C22H27N3O5S/c26-18(15-31)12-23-21(28)19(11-16-7-3-1-4-8-16)25-20(27)13-24-22(29)30-14-17-9-5-2-6-10-17/h1-10,18-19,26,31H,11-15H2,(H,23,28)(H,24,29)(H,25,27)/t18?,19-/m0/s1. The Morgan fingerprint density at radius 2 is 1.55 bits per heavy atom. The number of nitrogens with one attached hydrogen (secondary N) is 3. The zero-order valence-electron chi connectivity index (χ0n) is 17.0. The van der Waals surface area contributed by atoms with Crippen molar-refractivity contribution in [3.63, 3.8) is 0 Å². The van der Waals surface area contributed by atoms with Crippen LogP contribution in [0.3, 0.4) is 0 Å². The number of hydrogen-bond acceptors (Lipinski definition) is 6. The third-order valence-corrected chi connectivity index (χ3v) is 4.68. The normalized spacial score (nSPS) is 12.3. The van der Waals surface area contributed by atoms with Crippen LogP contribution in [0.2, 0.25) is 0 Å². The molecule has 2 aromatic carbocycles. The smallest absolute Gasteiger partial charge is 0.407 e. The molecule has 0 fully saturated rings. The predicted molar refractivity (Wildman–Crippen MR) is 120 cm³/mol. The van der Waals surface area contributed by atoms with Gasteiger partial charge in [-0.2, -0.15) is 12.6 Å². The van der Waals surface area contributed by atoms with Gasteiger partial charge < -0.3 is 25.8 Å². The molecule has 0 aliphatic rings. The van der Waals surface area contributed by atoms with Crippen LogP contribution in [-0.2, 0) is 27.4 Å². The Hall–Kier alpha value is -3.04. The average Bonchev–Trinajstić information content (AvgIpc) is 2.80. The molecule has 166 valence electrons. The van der Waals surface area contributed by atoms with Crippen LogP contribution in [0.15, 0.2) is 60.7 Å². The van der Waals surface area contributed by atoms with E-state index < -0.39 is 30.1 Å². The van der Waals surface area contributed by atoms with Gasteiger partial charge in [0.05, 0.1) is 6.10 Å². The molecule has 3 amide bonds. The zero-order chi connectivity index (χ0) is 22.5. The minimum Gasteiger partial charge on any atom is -0.445 e. The van der Waals surface area contributed by atoms with Crippen LogP contribution in [0.4, 0.5) is 4.79 Å². The molecule has 0 aliphatic carbocycles. The molecule has 0 bridgehead atoms. The van der Waals surface area contributed by atoms with Crippen molar-refractivity contribution in [3.05, 3.63) is 71.8 Å². The number of aliphatic hydroxyl groups excluding tert-OH is 1. The highest BCUT2D eigenvalue weighted by Crippen LogP contribution is 2.04. The van der Waals surface area contributed by atoms with Gasteiger partial charge in [0.2, 0.25) is 11.8 Å². The van der Waals surface area contributed by atoms with Crippen LogP contribution in [0.1, 0.15) is 11.1 Å². The van der Waals surface area contributed by atoms with Gasteiger partial charge in [-0.15, -0.1) is 0 Å². The third-order valence-electron chi connectivity index (χ3n) is 4.26. The van der Waals surface area contributed by atoms with Crippen molar-refractivity contribution in [1.82, 2.24) is 16.0 Å². The van der Waals surface area contributed by atoms with E-state index in [2.05, 4.69) is 28.6 Å². The first kappa shape index (κ1) is 24.2. The maximum Gasteiger partial charge on any atom is 0.407 e. The average molecular weight is 446 g/mol. The Morgan fingerprint density at radius 1 is 0.935 bits per heavy atom. The van der Waals surface area contributed by atoms with Gasteiger partial charge in [-0.05, 0) is 11.1 Å². The second-order valence-corrected chi connectivity index (χ2v) is 7.17. The number of ether oxygens (including phenoxy) is 1. The van der Waals surface area contributed by atoms with E-state index >= 15 is 0 Å². The van der Waals surface area contributed by atoms with Crippen molar-refractivity contribution in [3.8, 4) is 0 Å². The summed E-state index contributed by atoms with van der Waals surface area (Å²) < 4.78 is 5.06.